The molecule has 2 aliphatic heterocycles. The van der Waals surface area contributed by atoms with Gasteiger partial charge in [0.2, 0.25) is 11.8 Å². The maximum Gasteiger partial charge on any atom is 0.255 e. The van der Waals surface area contributed by atoms with Crippen LogP contribution >= 0.6 is 0 Å². The van der Waals surface area contributed by atoms with E-state index in [1.807, 2.05) is 17.9 Å². The standard InChI is InChI=1S/C20H26N6O2/c1-15-13-17(23-20(22-15)26-7-3-4-8-26)24-9-11-25(12-10-24)19(27)16-5-6-18(28-2)21-14-16/h5-6,13-14H,3-4,7-12H2,1-2H3. The number of carbonyl (C=O) groups is 1. The van der Waals surface area contributed by atoms with E-state index in [2.05, 4.69) is 19.8 Å². The van der Waals surface area contributed by atoms with Crippen molar-refractivity contribution >= 4 is 17.7 Å². The molecule has 2 aromatic heterocycles. The Morgan fingerprint density at radius 3 is 2.39 bits per heavy atom. The van der Waals surface area contributed by atoms with Gasteiger partial charge in [-0.2, -0.15) is 4.98 Å². The third-order valence-electron chi connectivity index (χ3n) is 5.30. The zero-order chi connectivity index (χ0) is 19.5. The number of aromatic nitrogens is 3. The fraction of sp³-hybridized carbons (Fsp3) is 0.500. The molecule has 0 atom stereocenters. The smallest absolute Gasteiger partial charge is 0.255 e. The highest BCUT2D eigenvalue weighted by molar-refractivity contribution is 5.94. The Kier molecular flexibility index (Phi) is 5.27. The van der Waals surface area contributed by atoms with Crippen LogP contribution in [0.25, 0.3) is 0 Å². The molecule has 2 saturated heterocycles. The number of ether oxygens (including phenoxy) is 1. The van der Waals surface area contributed by atoms with Crippen molar-refractivity contribution in [3.8, 4) is 5.88 Å². The van der Waals surface area contributed by atoms with E-state index in [0.29, 0.717) is 24.5 Å². The molecule has 0 unspecified atom stereocenters. The monoisotopic (exact) mass is 382 g/mol. The molecule has 2 aliphatic rings. The first-order valence-corrected chi connectivity index (χ1v) is 9.79. The summed E-state index contributed by atoms with van der Waals surface area (Å²) in [6.45, 7) is 6.90. The molecule has 1 amide bonds. The second-order valence-corrected chi connectivity index (χ2v) is 7.23. The largest absolute Gasteiger partial charge is 0.481 e. The Morgan fingerprint density at radius 1 is 1.00 bits per heavy atom. The molecule has 2 fully saturated rings. The highest BCUT2D eigenvalue weighted by Crippen LogP contribution is 2.22. The first kappa shape index (κ1) is 18.5. The maximum atomic E-state index is 12.7. The van der Waals surface area contributed by atoms with Gasteiger partial charge in [-0.15, -0.1) is 0 Å². The van der Waals surface area contributed by atoms with Crippen LogP contribution < -0.4 is 14.5 Å². The quantitative estimate of drug-likeness (QED) is 0.797. The first-order chi connectivity index (χ1) is 13.6. The average Bonchev–Trinajstić information content (AvgIpc) is 3.28. The van der Waals surface area contributed by atoms with Gasteiger partial charge in [-0.3, -0.25) is 4.79 Å². The van der Waals surface area contributed by atoms with Gasteiger partial charge in [0.05, 0.1) is 12.7 Å². The van der Waals surface area contributed by atoms with Gasteiger partial charge < -0.3 is 19.4 Å². The Bertz CT molecular complexity index is 827. The normalized spacial score (nSPS) is 17.1. The van der Waals surface area contributed by atoms with Gasteiger partial charge in [0.1, 0.15) is 5.82 Å². The van der Waals surface area contributed by atoms with Gasteiger partial charge in [-0.05, 0) is 25.8 Å². The van der Waals surface area contributed by atoms with Gasteiger partial charge in [0.15, 0.2) is 0 Å². The second kappa shape index (κ2) is 8.00. The van der Waals surface area contributed by atoms with Crippen molar-refractivity contribution in [2.45, 2.75) is 19.8 Å². The van der Waals surface area contributed by atoms with Crippen LogP contribution in [0.5, 0.6) is 5.88 Å². The molecule has 0 aromatic carbocycles. The Hall–Kier alpha value is -2.90. The minimum Gasteiger partial charge on any atom is -0.481 e. The molecule has 0 radical (unpaired) electrons. The lowest BCUT2D eigenvalue weighted by Gasteiger charge is -2.35. The van der Waals surface area contributed by atoms with Crippen molar-refractivity contribution in [1.29, 1.82) is 0 Å². The third-order valence-corrected chi connectivity index (χ3v) is 5.30. The van der Waals surface area contributed by atoms with Crippen LogP contribution in [0.1, 0.15) is 28.9 Å². The van der Waals surface area contributed by atoms with Crippen LogP contribution in [-0.2, 0) is 0 Å². The summed E-state index contributed by atoms with van der Waals surface area (Å²) in [5, 5.41) is 0. The number of methoxy groups -OCH3 is 1. The maximum absolute atomic E-state index is 12.7. The van der Waals surface area contributed by atoms with Crippen LogP contribution in [0.3, 0.4) is 0 Å². The van der Waals surface area contributed by atoms with Crippen LogP contribution in [0.4, 0.5) is 11.8 Å². The fourth-order valence-corrected chi connectivity index (χ4v) is 3.71. The Labute approximate surface area is 165 Å². The number of carbonyl (C=O) groups excluding carboxylic acids is 1. The van der Waals surface area contributed by atoms with E-state index in [0.717, 1.165) is 43.6 Å². The number of rotatable bonds is 4. The molecular formula is C20H26N6O2. The number of hydrogen-bond donors (Lipinski definition) is 0. The SMILES string of the molecule is COc1ccc(C(=O)N2CCN(c3cc(C)nc(N4CCCC4)n3)CC2)cn1. The van der Waals surface area contributed by atoms with Crippen molar-refractivity contribution in [3.63, 3.8) is 0 Å². The molecule has 148 valence electrons. The molecule has 4 heterocycles. The van der Waals surface area contributed by atoms with E-state index < -0.39 is 0 Å². The van der Waals surface area contributed by atoms with Crippen molar-refractivity contribution in [2.75, 3.05) is 56.2 Å². The molecule has 0 saturated carbocycles. The van der Waals surface area contributed by atoms with E-state index in [-0.39, 0.29) is 5.91 Å². The molecule has 0 bridgehead atoms. The third kappa shape index (κ3) is 3.85. The number of hydrogen-bond acceptors (Lipinski definition) is 7. The minimum atomic E-state index is 0.00595. The van der Waals surface area contributed by atoms with Crippen LogP contribution in [-0.4, -0.2) is 72.1 Å². The molecule has 8 heteroatoms. The van der Waals surface area contributed by atoms with Crippen molar-refractivity contribution < 1.29 is 9.53 Å². The Balaban J connectivity index is 1.41. The summed E-state index contributed by atoms with van der Waals surface area (Å²) >= 11 is 0. The molecule has 28 heavy (non-hydrogen) atoms. The number of pyridine rings is 1. The number of aryl methyl sites for hydroxylation is 1. The predicted octanol–water partition coefficient (Wildman–Crippen LogP) is 1.75. The zero-order valence-electron chi connectivity index (χ0n) is 16.5. The van der Waals surface area contributed by atoms with Gasteiger partial charge >= 0.3 is 0 Å². The number of amides is 1. The predicted molar refractivity (Wildman–Crippen MR) is 107 cm³/mol. The summed E-state index contributed by atoms with van der Waals surface area (Å²) in [5.74, 6) is 2.30. The molecular weight excluding hydrogens is 356 g/mol. The van der Waals surface area contributed by atoms with Crippen molar-refractivity contribution in [2.24, 2.45) is 0 Å². The molecule has 0 spiro atoms. The summed E-state index contributed by atoms with van der Waals surface area (Å²) in [6.07, 6.45) is 3.98. The first-order valence-electron chi connectivity index (χ1n) is 9.79. The summed E-state index contributed by atoms with van der Waals surface area (Å²) in [6, 6.07) is 5.51. The summed E-state index contributed by atoms with van der Waals surface area (Å²) in [4.78, 5) is 32.6. The van der Waals surface area contributed by atoms with E-state index in [1.54, 1.807) is 25.4 Å². The lowest BCUT2D eigenvalue weighted by Crippen LogP contribution is -2.49. The molecule has 4 rings (SSSR count). The van der Waals surface area contributed by atoms with Gasteiger partial charge in [0, 0.05) is 63.3 Å². The van der Waals surface area contributed by atoms with E-state index in [1.165, 1.54) is 12.8 Å². The van der Waals surface area contributed by atoms with Crippen molar-refractivity contribution in [1.82, 2.24) is 19.9 Å². The Morgan fingerprint density at radius 2 is 1.75 bits per heavy atom. The van der Waals surface area contributed by atoms with Crippen LogP contribution in [0.15, 0.2) is 24.4 Å². The van der Waals surface area contributed by atoms with E-state index in [9.17, 15) is 4.79 Å². The lowest BCUT2D eigenvalue weighted by atomic mass is 10.2. The second-order valence-electron chi connectivity index (χ2n) is 7.23. The molecule has 8 nitrogen and oxygen atoms in total. The minimum absolute atomic E-state index is 0.00595. The number of nitrogens with zero attached hydrogens (tertiary/aromatic N) is 6. The van der Waals surface area contributed by atoms with Gasteiger partial charge in [0.25, 0.3) is 5.91 Å². The average molecular weight is 382 g/mol. The van der Waals surface area contributed by atoms with Gasteiger partial charge in [-0.1, -0.05) is 0 Å². The summed E-state index contributed by atoms with van der Waals surface area (Å²) in [7, 11) is 1.56. The highest BCUT2D eigenvalue weighted by Gasteiger charge is 2.24. The van der Waals surface area contributed by atoms with E-state index >= 15 is 0 Å². The summed E-state index contributed by atoms with van der Waals surface area (Å²) in [5.41, 5.74) is 1.57. The molecule has 2 aromatic rings. The number of piperazine rings is 1. The van der Waals surface area contributed by atoms with Crippen LogP contribution in [0.2, 0.25) is 0 Å². The fourth-order valence-electron chi connectivity index (χ4n) is 3.71. The topological polar surface area (TPSA) is 74.7 Å². The molecule has 0 aliphatic carbocycles. The number of anilines is 2. The van der Waals surface area contributed by atoms with Crippen LogP contribution in [0, 0.1) is 6.92 Å². The lowest BCUT2D eigenvalue weighted by molar-refractivity contribution is 0.0746. The van der Waals surface area contributed by atoms with E-state index in [4.69, 9.17) is 9.72 Å². The molecule has 0 N–H and O–H groups in total. The van der Waals surface area contributed by atoms with Gasteiger partial charge in [-0.25, -0.2) is 9.97 Å². The summed E-state index contributed by atoms with van der Waals surface area (Å²) < 4.78 is 5.06. The highest BCUT2D eigenvalue weighted by atomic mass is 16.5. The van der Waals surface area contributed by atoms with Crippen molar-refractivity contribution in [3.05, 3.63) is 35.7 Å². The zero-order valence-corrected chi connectivity index (χ0v) is 16.5.